The first kappa shape index (κ1) is 10.6. The largest absolute Gasteiger partial charge is 0.343 e. The molecule has 0 bridgehead atoms. The zero-order valence-electron chi connectivity index (χ0n) is 13.3. The maximum absolute atomic E-state index is 14.1. The molecular weight excluding hydrogens is 285 g/mol. The van der Waals surface area contributed by atoms with E-state index in [0.29, 0.717) is 6.20 Å². The van der Waals surface area contributed by atoms with Crippen LogP contribution in [-0.4, -0.2) is 24.0 Å². The van der Waals surface area contributed by atoms with Crippen molar-refractivity contribution in [3.8, 4) is 0 Å². The monoisotopic (exact) mass is 300 g/mol. The van der Waals surface area contributed by atoms with Gasteiger partial charge in [0.2, 0.25) is 0 Å². The Bertz CT molecular complexity index is 963. The molecular formula is C12H12FN3O3S. The van der Waals surface area contributed by atoms with Crippen LogP contribution in [0.2, 0.25) is 0 Å². The van der Waals surface area contributed by atoms with Crippen molar-refractivity contribution in [2.75, 3.05) is 7.05 Å². The molecule has 1 heterocycles. The molecule has 0 aliphatic heterocycles. The summed E-state index contributed by atoms with van der Waals surface area (Å²) in [6, 6.07) is 6.81. The summed E-state index contributed by atoms with van der Waals surface area (Å²) in [5, 5.41) is 0. The van der Waals surface area contributed by atoms with Gasteiger partial charge in [-0.2, -0.15) is 3.97 Å². The molecule has 0 N–H and O–H groups in total. The molecule has 1 aromatic carbocycles. The van der Waals surface area contributed by atoms with Crippen LogP contribution in [0.4, 0.5) is 4.39 Å². The van der Waals surface area contributed by atoms with E-state index in [0.717, 1.165) is 7.05 Å². The minimum absolute atomic E-state index is 0.0306. The molecule has 0 aliphatic rings. The number of aromatic nitrogens is 2. The van der Waals surface area contributed by atoms with Crippen molar-refractivity contribution >= 4 is 10.0 Å². The molecule has 0 saturated carbocycles. The molecule has 2 rings (SSSR count). The third kappa shape index (κ3) is 2.18. The molecule has 0 saturated heterocycles. The first-order valence-electron chi connectivity index (χ1n) is 6.89. The summed E-state index contributed by atoms with van der Waals surface area (Å²) >= 11 is 0. The van der Waals surface area contributed by atoms with Gasteiger partial charge in [-0.05, 0) is 12.1 Å². The Labute approximate surface area is 118 Å². The topological polar surface area (TPSA) is 73.4 Å². The minimum Gasteiger partial charge on any atom is -0.278 e. The number of halogens is 1. The third-order valence-corrected chi connectivity index (χ3v) is 4.20. The fourth-order valence-corrected chi connectivity index (χ4v) is 2.84. The normalized spacial score (nSPS) is 15.5. The number of benzene rings is 1. The van der Waals surface area contributed by atoms with Crippen molar-refractivity contribution in [1.29, 1.82) is 0 Å². The van der Waals surface area contributed by atoms with E-state index in [1.165, 1.54) is 24.3 Å². The molecule has 0 atom stereocenters. The molecule has 6 nitrogen and oxygen atoms in total. The van der Waals surface area contributed by atoms with Crippen LogP contribution in [0.3, 0.4) is 0 Å². The highest BCUT2D eigenvalue weighted by Crippen LogP contribution is 2.10. The lowest BCUT2D eigenvalue weighted by molar-refractivity contribution is 0.537. The van der Waals surface area contributed by atoms with E-state index in [9.17, 15) is 17.6 Å². The Morgan fingerprint density at radius 2 is 1.95 bits per heavy atom. The number of nitrogens with zero attached hydrogens (tertiary/aromatic N) is 3. The SMILES string of the molecule is [2H]C([2H])([2H])n1c(=NC)c(F)cn(S(=O)(=O)c2ccccc2)c1=O. The Hall–Kier alpha value is -2.22. The van der Waals surface area contributed by atoms with Crippen molar-refractivity contribution < 1.29 is 16.9 Å². The molecule has 0 radical (unpaired) electrons. The summed E-state index contributed by atoms with van der Waals surface area (Å²) in [6.07, 6.45) is 0.412. The molecule has 106 valence electrons. The van der Waals surface area contributed by atoms with Crippen molar-refractivity contribution in [1.82, 2.24) is 8.54 Å². The molecule has 8 heteroatoms. The maximum atomic E-state index is 14.1. The number of hydrogen-bond acceptors (Lipinski definition) is 4. The quantitative estimate of drug-likeness (QED) is 0.789. The van der Waals surface area contributed by atoms with E-state index < -0.39 is 34.0 Å². The van der Waals surface area contributed by atoms with E-state index in [2.05, 4.69) is 4.99 Å². The van der Waals surface area contributed by atoms with Crippen LogP contribution in [-0.2, 0) is 17.0 Å². The van der Waals surface area contributed by atoms with Gasteiger partial charge in [0.25, 0.3) is 10.0 Å². The summed E-state index contributed by atoms with van der Waals surface area (Å²) < 4.78 is 61.0. The lowest BCUT2D eigenvalue weighted by Crippen LogP contribution is -2.42. The summed E-state index contributed by atoms with van der Waals surface area (Å²) in [5.74, 6) is -1.25. The van der Waals surface area contributed by atoms with E-state index in [1.54, 1.807) is 6.07 Å². The Morgan fingerprint density at radius 3 is 2.50 bits per heavy atom. The van der Waals surface area contributed by atoms with Crippen LogP contribution in [0, 0.1) is 5.82 Å². The van der Waals surface area contributed by atoms with Crippen LogP contribution in [0.1, 0.15) is 4.11 Å². The predicted octanol–water partition coefficient (Wildman–Crippen LogP) is 0.0934. The Balaban J connectivity index is 2.93. The highest BCUT2D eigenvalue weighted by atomic mass is 32.2. The first-order chi connectivity index (χ1) is 10.6. The van der Waals surface area contributed by atoms with Gasteiger partial charge in [0.05, 0.1) is 11.1 Å². The van der Waals surface area contributed by atoms with Gasteiger partial charge in [0.15, 0.2) is 11.3 Å². The second-order valence-electron chi connectivity index (χ2n) is 3.76. The van der Waals surface area contributed by atoms with Gasteiger partial charge in [-0.3, -0.25) is 9.56 Å². The summed E-state index contributed by atoms with van der Waals surface area (Å²) in [6.45, 7) is -3.10. The average molecular weight is 300 g/mol. The highest BCUT2D eigenvalue weighted by Gasteiger charge is 2.20. The smallest absolute Gasteiger partial charge is 0.278 e. The van der Waals surface area contributed by atoms with Crippen molar-refractivity contribution in [3.63, 3.8) is 0 Å². The standard InChI is InChI=1S/C12H12FN3O3S/c1-14-11-10(13)8-16(12(17)15(11)2)20(18,19)9-6-4-3-5-7-9/h3-8H,1-2H3/i2D3. The summed E-state index contributed by atoms with van der Waals surface area (Å²) in [7, 11) is -3.35. The average Bonchev–Trinajstić information content (AvgIpc) is 2.48. The van der Waals surface area contributed by atoms with Crippen molar-refractivity contribution in [2.24, 2.45) is 12.0 Å². The van der Waals surface area contributed by atoms with Crippen molar-refractivity contribution in [3.05, 3.63) is 58.3 Å². The van der Waals surface area contributed by atoms with Gasteiger partial charge < -0.3 is 0 Å². The van der Waals surface area contributed by atoms with E-state index >= 15 is 0 Å². The fourth-order valence-electron chi connectivity index (χ4n) is 1.60. The van der Waals surface area contributed by atoms with Crippen LogP contribution in [0.15, 0.2) is 51.2 Å². The highest BCUT2D eigenvalue weighted by molar-refractivity contribution is 7.90. The summed E-state index contributed by atoms with van der Waals surface area (Å²) in [4.78, 5) is 15.5. The second kappa shape index (κ2) is 5.04. The van der Waals surface area contributed by atoms with E-state index in [1.807, 2.05) is 0 Å². The molecule has 0 amide bonds. The lowest BCUT2D eigenvalue weighted by Gasteiger charge is -2.09. The molecule has 0 aliphatic carbocycles. The molecule has 2 aromatic rings. The first-order valence-corrected chi connectivity index (χ1v) is 6.83. The Kier molecular flexibility index (Phi) is 2.66. The van der Waals surface area contributed by atoms with Crippen LogP contribution < -0.4 is 11.2 Å². The van der Waals surface area contributed by atoms with Crippen LogP contribution >= 0.6 is 0 Å². The zero-order chi connectivity index (χ0) is 17.4. The molecule has 1 aromatic heterocycles. The summed E-state index contributed by atoms with van der Waals surface area (Å²) in [5.41, 5.74) is -2.19. The van der Waals surface area contributed by atoms with Crippen LogP contribution in [0.5, 0.6) is 0 Å². The van der Waals surface area contributed by atoms with Crippen LogP contribution in [0.25, 0.3) is 0 Å². The third-order valence-electron chi connectivity index (χ3n) is 2.55. The lowest BCUT2D eigenvalue weighted by atomic mass is 10.4. The van der Waals surface area contributed by atoms with Gasteiger partial charge in [0, 0.05) is 18.1 Å². The molecule has 0 spiro atoms. The van der Waals surface area contributed by atoms with Gasteiger partial charge >= 0.3 is 5.69 Å². The van der Waals surface area contributed by atoms with Gasteiger partial charge in [-0.1, -0.05) is 18.2 Å². The maximum Gasteiger partial charge on any atom is 0.343 e. The van der Waals surface area contributed by atoms with Crippen molar-refractivity contribution in [2.45, 2.75) is 4.90 Å². The number of hydrogen-bond donors (Lipinski definition) is 0. The molecule has 0 fully saturated rings. The van der Waals surface area contributed by atoms with Gasteiger partial charge in [0.1, 0.15) is 0 Å². The molecule has 20 heavy (non-hydrogen) atoms. The molecule has 0 unspecified atom stereocenters. The van der Waals surface area contributed by atoms with Gasteiger partial charge in [-0.25, -0.2) is 17.6 Å². The van der Waals surface area contributed by atoms with E-state index in [4.69, 9.17) is 4.11 Å². The zero-order valence-corrected chi connectivity index (χ0v) is 11.1. The van der Waals surface area contributed by atoms with Gasteiger partial charge in [-0.15, -0.1) is 0 Å². The minimum atomic E-state index is -4.45. The Morgan fingerprint density at radius 1 is 1.30 bits per heavy atom. The second-order valence-corrected chi connectivity index (χ2v) is 5.57. The number of rotatable bonds is 2. The fraction of sp³-hybridized carbons (Fsp3) is 0.167. The van der Waals surface area contributed by atoms with E-state index in [-0.39, 0.29) is 13.4 Å². The predicted molar refractivity (Wildman–Crippen MR) is 70.1 cm³/mol.